The van der Waals surface area contributed by atoms with Crippen LogP contribution in [-0.4, -0.2) is 55.7 Å². The lowest BCUT2D eigenvalue weighted by Crippen LogP contribution is -2.61. The van der Waals surface area contributed by atoms with Gasteiger partial charge in [-0.05, 0) is 34.6 Å². The van der Waals surface area contributed by atoms with Crippen molar-refractivity contribution in [1.82, 2.24) is 0 Å². The van der Waals surface area contributed by atoms with Crippen LogP contribution in [0.25, 0.3) is 0 Å². The summed E-state index contributed by atoms with van der Waals surface area (Å²) in [6.07, 6.45) is -1.24. The summed E-state index contributed by atoms with van der Waals surface area (Å²) in [5.74, 6) is -0.942. The molecule has 2 rings (SSSR count). The normalized spacial score (nSPS) is 43.8. The number of halogens is 1. The van der Waals surface area contributed by atoms with E-state index in [1.807, 2.05) is 20.8 Å². The number of rotatable bonds is 3. The van der Waals surface area contributed by atoms with Crippen molar-refractivity contribution in [2.45, 2.75) is 81.8 Å². The van der Waals surface area contributed by atoms with Crippen LogP contribution in [0.2, 0.25) is 13.1 Å². The number of hydrogen-bond acceptors (Lipinski definition) is 5. The number of alkyl halides is 1. The first kappa shape index (κ1) is 16.2. The summed E-state index contributed by atoms with van der Waals surface area (Å²) in [6, 6.07) is 0. The second-order valence-electron chi connectivity index (χ2n) is 7.42. The molecule has 0 bridgehead atoms. The SMILES string of the molecule is [2H][Si](C)(C)[C@@]12OC(C)(C)O[C@@H]1[C@@H](COC(C)(C)C)OC2(O)Cl. The quantitative estimate of drug-likeness (QED) is 0.629. The molecule has 1 N–H and O–H groups in total. The molecule has 7 heteroatoms. The zero-order chi connectivity index (χ0) is 17.2. The minimum atomic E-state index is -2.88. The number of ether oxygens (including phenoxy) is 4. The smallest absolute Gasteiger partial charge is 0.275 e. The molecular formula is C14H27ClO5Si. The van der Waals surface area contributed by atoms with E-state index in [1.54, 1.807) is 26.9 Å². The summed E-state index contributed by atoms with van der Waals surface area (Å²) in [7, 11) is -2.88. The molecule has 0 aromatic rings. The van der Waals surface area contributed by atoms with Crippen molar-refractivity contribution < 1.29 is 24.1 Å². The van der Waals surface area contributed by atoms with Gasteiger partial charge in [-0.2, -0.15) is 0 Å². The minimum Gasteiger partial charge on any atom is -0.373 e. The van der Waals surface area contributed by atoms with E-state index in [2.05, 4.69) is 0 Å². The molecular weight excluding hydrogens is 312 g/mol. The van der Waals surface area contributed by atoms with Gasteiger partial charge < -0.3 is 24.1 Å². The Balaban J connectivity index is 2.37. The average molecular weight is 340 g/mol. The minimum absolute atomic E-state index is 0.203. The summed E-state index contributed by atoms with van der Waals surface area (Å²) in [6.45, 7) is 13.0. The Morgan fingerprint density at radius 3 is 2.38 bits per heavy atom. The van der Waals surface area contributed by atoms with Crippen molar-refractivity contribution in [2.24, 2.45) is 0 Å². The highest BCUT2D eigenvalue weighted by molar-refractivity contribution is 6.61. The molecule has 124 valence electrons. The third-order valence-corrected chi connectivity index (χ3v) is 6.48. The fourth-order valence-corrected chi connectivity index (χ4v) is 5.70. The van der Waals surface area contributed by atoms with Gasteiger partial charge in [0.05, 0.1) is 20.9 Å². The summed E-state index contributed by atoms with van der Waals surface area (Å²) in [5.41, 5.74) is -0.359. The standard InChI is InChI=1S/C14H27ClO5Si/c1-11(2,3)17-8-9-10-13(21(6)7,14(15,16)18-9)20-12(4,5)19-10/h9-10,16,21H,8H2,1-7H3/t9-,10-,13+,14?/m1/s1/i21D. The lowest BCUT2D eigenvalue weighted by atomic mass is 10.1. The van der Waals surface area contributed by atoms with E-state index in [-0.39, 0.29) is 12.2 Å². The summed E-state index contributed by atoms with van der Waals surface area (Å²) in [5, 5.41) is 7.20. The van der Waals surface area contributed by atoms with Gasteiger partial charge in [-0.1, -0.05) is 24.7 Å². The third-order valence-electron chi connectivity index (χ3n) is 3.74. The third kappa shape index (κ3) is 3.04. The summed E-state index contributed by atoms with van der Waals surface area (Å²) >= 11 is 6.27. The van der Waals surface area contributed by atoms with Crippen molar-refractivity contribution in [3.63, 3.8) is 0 Å². The van der Waals surface area contributed by atoms with Gasteiger partial charge in [0.25, 0.3) is 5.25 Å². The molecule has 0 aliphatic carbocycles. The number of fused-ring (bicyclic) bond motifs is 1. The van der Waals surface area contributed by atoms with Gasteiger partial charge in [0, 0.05) is 1.23 Å². The number of aliphatic hydroxyl groups is 1. The van der Waals surface area contributed by atoms with Gasteiger partial charge >= 0.3 is 0 Å². The number of hydrogen-bond donors (Lipinski definition) is 1. The summed E-state index contributed by atoms with van der Waals surface area (Å²) in [4.78, 5) is 0. The predicted octanol–water partition coefficient (Wildman–Crippen LogP) is 2.00. The molecule has 0 aromatic carbocycles. The lowest BCUT2D eigenvalue weighted by Gasteiger charge is -2.37. The van der Waals surface area contributed by atoms with Gasteiger partial charge in [-0.3, -0.25) is 0 Å². The van der Waals surface area contributed by atoms with E-state index in [4.69, 9.17) is 31.8 Å². The Kier molecular flexibility index (Phi) is 3.97. The van der Waals surface area contributed by atoms with Crippen LogP contribution in [0.1, 0.15) is 34.6 Å². The largest absolute Gasteiger partial charge is 0.373 e. The molecule has 5 nitrogen and oxygen atoms in total. The van der Waals surface area contributed by atoms with E-state index >= 15 is 0 Å². The molecule has 2 fully saturated rings. The molecule has 4 atom stereocenters. The highest BCUT2D eigenvalue weighted by Crippen LogP contribution is 2.54. The van der Waals surface area contributed by atoms with Gasteiger partial charge in [0.2, 0.25) is 0 Å². The van der Waals surface area contributed by atoms with Gasteiger partial charge in [-0.25, -0.2) is 0 Å². The maximum Gasteiger partial charge on any atom is 0.275 e. The zero-order valence-corrected chi connectivity index (χ0v) is 15.6. The van der Waals surface area contributed by atoms with Gasteiger partial charge in [0.1, 0.15) is 12.2 Å². The second-order valence-corrected chi connectivity index (χ2v) is 10.7. The molecule has 2 heterocycles. The van der Waals surface area contributed by atoms with Crippen LogP contribution < -0.4 is 0 Å². The second kappa shape index (κ2) is 5.16. The van der Waals surface area contributed by atoms with E-state index in [0.29, 0.717) is 0 Å². The Morgan fingerprint density at radius 1 is 1.33 bits per heavy atom. The van der Waals surface area contributed by atoms with Crippen molar-refractivity contribution in [2.75, 3.05) is 6.61 Å². The first-order chi connectivity index (χ1) is 9.61. The van der Waals surface area contributed by atoms with E-state index in [0.717, 1.165) is 0 Å². The highest BCUT2D eigenvalue weighted by atomic mass is 35.5. The molecule has 1 unspecified atom stereocenters. The Labute approximate surface area is 134 Å². The fraction of sp³-hybridized carbons (Fsp3) is 1.00. The van der Waals surface area contributed by atoms with Crippen molar-refractivity contribution in [1.29, 1.82) is 1.23 Å². The molecule has 21 heavy (non-hydrogen) atoms. The average Bonchev–Trinajstić information content (AvgIpc) is 2.65. The van der Waals surface area contributed by atoms with Crippen LogP contribution in [0.15, 0.2) is 0 Å². The molecule has 0 saturated carbocycles. The van der Waals surface area contributed by atoms with Crippen LogP contribution in [0.3, 0.4) is 0 Å². The molecule has 0 aromatic heterocycles. The molecule has 2 aliphatic rings. The maximum atomic E-state index is 10.7. The Morgan fingerprint density at radius 2 is 1.90 bits per heavy atom. The molecule has 0 spiro atoms. The molecule has 0 radical (unpaired) electrons. The van der Waals surface area contributed by atoms with Crippen LogP contribution in [0.4, 0.5) is 0 Å². The fourth-order valence-electron chi connectivity index (χ4n) is 2.93. The first-order valence-electron chi connectivity index (χ1n) is 7.72. The van der Waals surface area contributed by atoms with Gasteiger partial charge in [0.15, 0.2) is 11.0 Å². The highest BCUT2D eigenvalue weighted by Gasteiger charge is 2.74. The molecule has 2 saturated heterocycles. The van der Waals surface area contributed by atoms with E-state index in [1.165, 1.54) is 0 Å². The Bertz CT molecular complexity index is 445. The van der Waals surface area contributed by atoms with Crippen molar-refractivity contribution >= 4 is 20.3 Å². The first-order valence-corrected chi connectivity index (χ1v) is 10.1. The molecule has 2 aliphatic heterocycles. The van der Waals surface area contributed by atoms with Crippen LogP contribution >= 0.6 is 11.6 Å². The Hall–Kier alpha value is 0.307. The van der Waals surface area contributed by atoms with Crippen LogP contribution in [0.5, 0.6) is 0 Å². The maximum absolute atomic E-state index is 10.7. The predicted molar refractivity (Wildman–Crippen MR) is 83.0 cm³/mol. The summed E-state index contributed by atoms with van der Waals surface area (Å²) < 4.78 is 31.9. The van der Waals surface area contributed by atoms with Gasteiger partial charge in [-0.15, -0.1) is 0 Å². The van der Waals surface area contributed by atoms with Crippen molar-refractivity contribution in [3.8, 4) is 0 Å². The van der Waals surface area contributed by atoms with E-state index in [9.17, 15) is 5.11 Å². The lowest BCUT2D eigenvalue weighted by molar-refractivity contribution is -0.254. The van der Waals surface area contributed by atoms with Crippen LogP contribution in [-0.2, 0) is 18.9 Å². The van der Waals surface area contributed by atoms with E-state index < -0.39 is 37.2 Å². The topological polar surface area (TPSA) is 57.2 Å². The monoisotopic (exact) mass is 339 g/mol. The molecule has 0 amide bonds. The van der Waals surface area contributed by atoms with Crippen molar-refractivity contribution in [3.05, 3.63) is 0 Å². The zero-order valence-electron chi connectivity index (χ0n) is 14.8. The van der Waals surface area contributed by atoms with Crippen LogP contribution in [0, 0.1) is 0 Å².